The van der Waals surface area contributed by atoms with E-state index in [1.54, 1.807) is 11.8 Å². The lowest BCUT2D eigenvalue weighted by molar-refractivity contribution is 0.675. The zero-order valence-electron chi connectivity index (χ0n) is 12.2. The summed E-state index contributed by atoms with van der Waals surface area (Å²) >= 11 is 1.77. The van der Waals surface area contributed by atoms with Gasteiger partial charge in [0.1, 0.15) is 0 Å². The fourth-order valence-electron chi connectivity index (χ4n) is 2.31. The lowest BCUT2D eigenvalue weighted by Gasteiger charge is -2.04. The molecule has 0 unspecified atom stereocenters. The zero-order valence-corrected chi connectivity index (χ0v) is 13.0. The van der Waals surface area contributed by atoms with Crippen LogP contribution >= 0.6 is 11.8 Å². The van der Waals surface area contributed by atoms with E-state index in [1.165, 1.54) is 32.8 Å². The quantitative estimate of drug-likeness (QED) is 0.638. The fraction of sp³-hybridized carbons (Fsp3) is 0.222. The number of fused-ring (bicyclic) bond motifs is 1. The molecule has 1 heterocycles. The number of aromatic amines is 1. The number of H-pyrrole nitrogens is 1. The maximum atomic E-state index is 3.45. The highest BCUT2D eigenvalue weighted by Crippen LogP contribution is 2.29. The molecule has 0 radical (unpaired) electrons. The van der Waals surface area contributed by atoms with Gasteiger partial charge in [-0.3, -0.25) is 0 Å². The van der Waals surface area contributed by atoms with Crippen LogP contribution in [0.5, 0.6) is 0 Å². The summed E-state index contributed by atoms with van der Waals surface area (Å²) in [6, 6.07) is 19.4. The molecule has 2 nitrogen and oxygen atoms in total. The predicted molar refractivity (Wildman–Crippen MR) is 90.9 cm³/mol. The largest absolute Gasteiger partial charge is 0.349 e. The smallest absolute Gasteiger partial charge is 0.0780 e. The second-order valence-corrected chi connectivity index (χ2v) is 6.26. The van der Waals surface area contributed by atoms with Crippen molar-refractivity contribution in [3.05, 3.63) is 60.2 Å². The molecule has 2 aromatic carbocycles. The fourth-order valence-corrected chi connectivity index (χ4v) is 3.19. The van der Waals surface area contributed by atoms with Gasteiger partial charge in [0.2, 0.25) is 0 Å². The zero-order chi connectivity index (χ0) is 14.5. The molecular weight excluding hydrogens is 276 g/mol. The molecule has 108 valence electrons. The van der Waals surface area contributed by atoms with Crippen molar-refractivity contribution in [2.75, 3.05) is 6.54 Å². The molecule has 3 heteroatoms. The molecule has 0 atom stereocenters. The Bertz CT molecular complexity index is 668. The first-order valence-electron chi connectivity index (χ1n) is 7.40. The minimum Gasteiger partial charge on any atom is -0.349 e. The van der Waals surface area contributed by atoms with Crippen LogP contribution < -0.4 is 5.32 Å². The number of nitrogens with one attached hydrogen (secondary N) is 2. The molecule has 0 amide bonds. The van der Waals surface area contributed by atoms with E-state index in [0.717, 1.165) is 13.1 Å². The third-order valence-corrected chi connectivity index (χ3v) is 4.36. The Balaban J connectivity index is 1.67. The van der Waals surface area contributed by atoms with Crippen LogP contribution in [0.3, 0.4) is 0 Å². The van der Waals surface area contributed by atoms with E-state index in [9.17, 15) is 0 Å². The molecule has 0 aliphatic carbocycles. The number of rotatable bonds is 6. The molecule has 21 heavy (non-hydrogen) atoms. The van der Waals surface area contributed by atoms with Gasteiger partial charge < -0.3 is 10.3 Å². The molecule has 0 saturated heterocycles. The summed E-state index contributed by atoms with van der Waals surface area (Å²) in [5.41, 5.74) is 2.53. The van der Waals surface area contributed by atoms with Crippen LogP contribution in [0.25, 0.3) is 10.9 Å². The van der Waals surface area contributed by atoms with E-state index in [4.69, 9.17) is 0 Å². The van der Waals surface area contributed by atoms with E-state index >= 15 is 0 Å². The summed E-state index contributed by atoms with van der Waals surface area (Å²) in [5, 5.41) is 5.88. The van der Waals surface area contributed by atoms with Gasteiger partial charge in [-0.1, -0.05) is 49.0 Å². The molecule has 0 spiro atoms. The Morgan fingerprint density at radius 3 is 2.62 bits per heavy atom. The van der Waals surface area contributed by atoms with E-state index in [2.05, 4.69) is 71.8 Å². The van der Waals surface area contributed by atoms with Gasteiger partial charge in [0.05, 0.1) is 5.03 Å². The van der Waals surface area contributed by atoms with Crippen LogP contribution in [0.4, 0.5) is 0 Å². The summed E-state index contributed by atoms with van der Waals surface area (Å²) in [7, 11) is 0. The Kier molecular flexibility index (Phi) is 4.63. The first kappa shape index (κ1) is 14.2. The predicted octanol–water partition coefficient (Wildman–Crippen LogP) is 4.82. The normalized spacial score (nSPS) is 11.1. The van der Waals surface area contributed by atoms with Crippen LogP contribution in [0, 0.1) is 0 Å². The summed E-state index contributed by atoms with van der Waals surface area (Å²) in [5.74, 6) is 0. The molecule has 1 aromatic heterocycles. The number of aromatic nitrogens is 1. The Hall–Kier alpha value is -1.71. The van der Waals surface area contributed by atoms with Gasteiger partial charge in [-0.15, -0.1) is 0 Å². The molecule has 0 fully saturated rings. The van der Waals surface area contributed by atoms with E-state index in [1.807, 2.05) is 0 Å². The molecule has 0 aliphatic heterocycles. The molecule has 0 bridgehead atoms. The van der Waals surface area contributed by atoms with Crippen molar-refractivity contribution in [2.24, 2.45) is 0 Å². The maximum absolute atomic E-state index is 3.45. The van der Waals surface area contributed by atoms with E-state index < -0.39 is 0 Å². The van der Waals surface area contributed by atoms with E-state index in [0.29, 0.717) is 0 Å². The topological polar surface area (TPSA) is 27.8 Å². The molecule has 0 saturated carbocycles. The molecule has 3 rings (SSSR count). The number of benzene rings is 2. The van der Waals surface area contributed by atoms with Crippen LogP contribution in [-0.2, 0) is 6.54 Å². The summed E-state index contributed by atoms with van der Waals surface area (Å²) in [4.78, 5) is 4.72. The SMILES string of the molecule is CCCNCc1ccc(Sc2cc3ccccc3[nH]2)cc1. The first-order valence-corrected chi connectivity index (χ1v) is 8.22. The minimum atomic E-state index is 0.950. The molecular formula is C18H20N2S. The third-order valence-electron chi connectivity index (χ3n) is 3.41. The van der Waals surface area contributed by atoms with Crippen molar-refractivity contribution < 1.29 is 0 Å². The van der Waals surface area contributed by atoms with Gasteiger partial charge in [0.25, 0.3) is 0 Å². The summed E-state index contributed by atoms with van der Waals surface area (Å²) in [6.45, 7) is 4.21. The van der Waals surface area contributed by atoms with Gasteiger partial charge in [-0.2, -0.15) is 0 Å². The number of hydrogen-bond donors (Lipinski definition) is 2. The van der Waals surface area contributed by atoms with Gasteiger partial charge in [0.15, 0.2) is 0 Å². The van der Waals surface area contributed by atoms with Crippen molar-refractivity contribution in [2.45, 2.75) is 29.8 Å². The third kappa shape index (κ3) is 3.69. The molecule has 0 aliphatic rings. The highest BCUT2D eigenvalue weighted by Gasteiger charge is 2.02. The number of para-hydroxylation sites is 1. The second kappa shape index (κ2) is 6.83. The summed E-state index contributed by atoms with van der Waals surface area (Å²) in [6.07, 6.45) is 1.17. The standard InChI is InChI=1S/C18H20N2S/c1-2-11-19-13-14-7-9-16(10-8-14)21-18-12-15-5-3-4-6-17(15)20-18/h3-10,12,19-20H,2,11,13H2,1H3. The van der Waals surface area contributed by atoms with Gasteiger partial charge >= 0.3 is 0 Å². The van der Waals surface area contributed by atoms with Crippen molar-refractivity contribution >= 4 is 22.7 Å². The Labute approximate surface area is 130 Å². The van der Waals surface area contributed by atoms with Crippen molar-refractivity contribution in [3.8, 4) is 0 Å². The highest BCUT2D eigenvalue weighted by atomic mass is 32.2. The minimum absolute atomic E-state index is 0.950. The lowest BCUT2D eigenvalue weighted by atomic mass is 10.2. The van der Waals surface area contributed by atoms with Crippen LogP contribution in [0.15, 0.2) is 64.5 Å². The van der Waals surface area contributed by atoms with Gasteiger partial charge in [0, 0.05) is 22.3 Å². The average Bonchev–Trinajstić information content (AvgIpc) is 2.91. The second-order valence-electron chi connectivity index (χ2n) is 5.14. The maximum Gasteiger partial charge on any atom is 0.0780 e. The van der Waals surface area contributed by atoms with Crippen LogP contribution in [0.1, 0.15) is 18.9 Å². The monoisotopic (exact) mass is 296 g/mol. The van der Waals surface area contributed by atoms with Crippen LogP contribution in [0.2, 0.25) is 0 Å². The van der Waals surface area contributed by atoms with Crippen molar-refractivity contribution in [3.63, 3.8) is 0 Å². The number of hydrogen-bond acceptors (Lipinski definition) is 2. The lowest BCUT2D eigenvalue weighted by Crippen LogP contribution is -2.13. The van der Waals surface area contributed by atoms with E-state index in [-0.39, 0.29) is 0 Å². The van der Waals surface area contributed by atoms with Gasteiger partial charge in [-0.25, -0.2) is 0 Å². The molecule has 2 N–H and O–H groups in total. The summed E-state index contributed by atoms with van der Waals surface area (Å²) < 4.78 is 0. The highest BCUT2D eigenvalue weighted by molar-refractivity contribution is 7.99. The van der Waals surface area contributed by atoms with Crippen molar-refractivity contribution in [1.82, 2.24) is 10.3 Å². The van der Waals surface area contributed by atoms with Crippen LogP contribution in [-0.4, -0.2) is 11.5 Å². The van der Waals surface area contributed by atoms with Gasteiger partial charge in [-0.05, 0) is 42.8 Å². The average molecular weight is 296 g/mol. The Morgan fingerprint density at radius 2 is 1.86 bits per heavy atom. The molecule has 3 aromatic rings. The van der Waals surface area contributed by atoms with Crippen molar-refractivity contribution in [1.29, 1.82) is 0 Å². The Morgan fingerprint density at radius 1 is 1.05 bits per heavy atom. The first-order chi connectivity index (χ1) is 10.3.